The molecule has 1 aliphatic carbocycles. The van der Waals surface area contributed by atoms with E-state index in [-0.39, 0.29) is 0 Å². The highest BCUT2D eigenvalue weighted by molar-refractivity contribution is 5.14. The molecule has 1 aliphatic rings. The van der Waals surface area contributed by atoms with Gasteiger partial charge in [0.1, 0.15) is 0 Å². The Labute approximate surface area is 116 Å². The van der Waals surface area contributed by atoms with Crippen LogP contribution in [-0.2, 0) is 6.54 Å². The largest absolute Gasteiger partial charge is 0.310 e. The fraction of sp³-hybridized carbons (Fsp3) is 0.588. The molecule has 1 saturated carbocycles. The molecule has 0 aliphatic heterocycles. The van der Waals surface area contributed by atoms with Crippen LogP contribution in [0, 0.1) is 17.2 Å². The van der Waals surface area contributed by atoms with Gasteiger partial charge in [-0.1, -0.05) is 43.2 Å². The van der Waals surface area contributed by atoms with Crippen molar-refractivity contribution in [2.45, 2.75) is 57.5 Å². The van der Waals surface area contributed by atoms with Gasteiger partial charge >= 0.3 is 0 Å². The van der Waals surface area contributed by atoms with Gasteiger partial charge in [0.15, 0.2) is 0 Å². The molecular weight excluding hydrogens is 232 g/mol. The van der Waals surface area contributed by atoms with Gasteiger partial charge in [0.2, 0.25) is 0 Å². The topological polar surface area (TPSA) is 35.8 Å². The minimum atomic E-state index is 0.646. The summed E-state index contributed by atoms with van der Waals surface area (Å²) in [7, 11) is 0. The third-order valence-corrected chi connectivity index (χ3v) is 4.18. The van der Waals surface area contributed by atoms with E-state index >= 15 is 0 Å². The number of rotatable bonds is 6. The number of nitriles is 1. The minimum absolute atomic E-state index is 0.646. The van der Waals surface area contributed by atoms with Crippen LogP contribution in [0.5, 0.6) is 0 Å². The summed E-state index contributed by atoms with van der Waals surface area (Å²) in [4.78, 5) is 0. The quantitative estimate of drug-likeness (QED) is 0.780. The zero-order chi connectivity index (χ0) is 13.3. The average Bonchev–Trinajstić information content (AvgIpc) is 2.48. The minimum Gasteiger partial charge on any atom is -0.310 e. The van der Waals surface area contributed by atoms with Crippen molar-refractivity contribution < 1.29 is 0 Å². The molecule has 19 heavy (non-hydrogen) atoms. The second-order valence-electron chi connectivity index (χ2n) is 5.57. The Morgan fingerprint density at radius 2 is 1.95 bits per heavy atom. The van der Waals surface area contributed by atoms with E-state index in [1.807, 2.05) is 0 Å². The maximum Gasteiger partial charge on any atom is 0.0621 e. The predicted octanol–water partition coefficient (Wildman–Crippen LogP) is 4.03. The van der Waals surface area contributed by atoms with Gasteiger partial charge in [0, 0.05) is 19.0 Å². The zero-order valence-electron chi connectivity index (χ0n) is 11.6. The molecule has 0 spiro atoms. The smallest absolute Gasteiger partial charge is 0.0621 e. The lowest BCUT2D eigenvalue weighted by atomic mass is 9.81. The molecule has 0 unspecified atom stereocenters. The fourth-order valence-corrected chi connectivity index (χ4v) is 3.11. The number of nitrogens with one attached hydrogen (secondary N) is 1. The van der Waals surface area contributed by atoms with Crippen LogP contribution in [0.3, 0.4) is 0 Å². The molecule has 1 aromatic carbocycles. The number of unbranched alkanes of at least 4 members (excludes halogenated alkanes) is 1. The first kappa shape index (κ1) is 14.1. The first-order valence-corrected chi connectivity index (χ1v) is 7.54. The fourth-order valence-electron chi connectivity index (χ4n) is 3.11. The standard InChI is InChI=1S/C17H24N2/c18-13-7-6-11-16-10-4-5-12-17(16)19-14-15-8-2-1-3-9-15/h1-3,8-9,16-17,19H,4-7,10-12,14H2/t16-,17-/m0/s1. The van der Waals surface area contributed by atoms with Crippen LogP contribution < -0.4 is 5.32 Å². The van der Waals surface area contributed by atoms with Gasteiger partial charge in [-0.3, -0.25) is 0 Å². The van der Waals surface area contributed by atoms with Crippen molar-refractivity contribution in [2.75, 3.05) is 0 Å². The number of benzene rings is 1. The Balaban J connectivity index is 1.80. The van der Waals surface area contributed by atoms with Gasteiger partial charge in [-0.05, 0) is 37.2 Å². The molecule has 1 N–H and O–H groups in total. The molecule has 0 saturated heterocycles. The second-order valence-corrected chi connectivity index (χ2v) is 5.57. The lowest BCUT2D eigenvalue weighted by molar-refractivity contribution is 0.244. The molecule has 1 fully saturated rings. The lowest BCUT2D eigenvalue weighted by Crippen LogP contribution is -2.38. The molecule has 102 valence electrons. The van der Waals surface area contributed by atoms with E-state index in [1.54, 1.807) is 0 Å². The van der Waals surface area contributed by atoms with Crippen LogP contribution >= 0.6 is 0 Å². The molecule has 0 radical (unpaired) electrons. The van der Waals surface area contributed by atoms with E-state index in [9.17, 15) is 0 Å². The van der Waals surface area contributed by atoms with Crippen molar-refractivity contribution in [3.8, 4) is 6.07 Å². The highest BCUT2D eigenvalue weighted by Gasteiger charge is 2.23. The first-order valence-electron chi connectivity index (χ1n) is 7.54. The van der Waals surface area contributed by atoms with E-state index in [1.165, 1.54) is 37.7 Å². The van der Waals surface area contributed by atoms with Gasteiger partial charge in [0.25, 0.3) is 0 Å². The summed E-state index contributed by atoms with van der Waals surface area (Å²) in [6.45, 7) is 0.972. The Morgan fingerprint density at radius 1 is 1.16 bits per heavy atom. The Bertz CT molecular complexity index is 393. The lowest BCUT2D eigenvalue weighted by Gasteiger charge is -2.32. The molecule has 2 heteroatoms. The Morgan fingerprint density at radius 3 is 2.74 bits per heavy atom. The maximum absolute atomic E-state index is 8.65. The molecule has 2 nitrogen and oxygen atoms in total. The van der Waals surface area contributed by atoms with Crippen LogP contribution in [0.1, 0.15) is 50.5 Å². The second kappa shape index (κ2) is 7.96. The Hall–Kier alpha value is -1.33. The van der Waals surface area contributed by atoms with Crippen molar-refractivity contribution in [1.82, 2.24) is 5.32 Å². The van der Waals surface area contributed by atoms with Gasteiger partial charge in [0.05, 0.1) is 6.07 Å². The van der Waals surface area contributed by atoms with E-state index in [4.69, 9.17) is 5.26 Å². The molecule has 0 heterocycles. The summed E-state index contributed by atoms with van der Waals surface area (Å²) in [5.41, 5.74) is 1.36. The van der Waals surface area contributed by atoms with Crippen LogP contribution in [0.4, 0.5) is 0 Å². The maximum atomic E-state index is 8.65. The molecule has 0 amide bonds. The summed E-state index contributed by atoms with van der Waals surface area (Å²) in [5.74, 6) is 0.769. The van der Waals surface area contributed by atoms with Gasteiger partial charge in [-0.25, -0.2) is 0 Å². The summed E-state index contributed by atoms with van der Waals surface area (Å²) in [6.07, 6.45) is 8.32. The first-order chi connectivity index (χ1) is 9.40. The van der Waals surface area contributed by atoms with Gasteiger partial charge in [-0.15, -0.1) is 0 Å². The molecule has 1 aromatic rings. The average molecular weight is 256 g/mol. The number of hydrogen-bond donors (Lipinski definition) is 1. The summed E-state index contributed by atoms with van der Waals surface area (Å²) < 4.78 is 0. The van der Waals surface area contributed by atoms with Gasteiger partial charge in [-0.2, -0.15) is 5.26 Å². The Kier molecular flexibility index (Phi) is 5.91. The highest BCUT2D eigenvalue weighted by atomic mass is 14.9. The zero-order valence-corrected chi connectivity index (χ0v) is 11.6. The normalized spacial score (nSPS) is 22.9. The van der Waals surface area contributed by atoms with E-state index < -0.39 is 0 Å². The molecule has 0 bridgehead atoms. The van der Waals surface area contributed by atoms with Crippen LogP contribution in [0.25, 0.3) is 0 Å². The van der Waals surface area contributed by atoms with Crippen molar-refractivity contribution >= 4 is 0 Å². The van der Waals surface area contributed by atoms with Crippen LogP contribution in [-0.4, -0.2) is 6.04 Å². The van der Waals surface area contributed by atoms with Crippen molar-refractivity contribution in [2.24, 2.45) is 5.92 Å². The molecule has 0 aromatic heterocycles. The molecule has 2 atom stereocenters. The molecule has 2 rings (SSSR count). The SMILES string of the molecule is N#CCCC[C@@H]1CCCC[C@@H]1NCc1ccccc1. The predicted molar refractivity (Wildman–Crippen MR) is 78.5 cm³/mol. The summed E-state index contributed by atoms with van der Waals surface area (Å²) in [5, 5.41) is 12.4. The monoisotopic (exact) mass is 256 g/mol. The van der Waals surface area contributed by atoms with Crippen molar-refractivity contribution in [3.05, 3.63) is 35.9 Å². The van der Waals surface area contributed by atoms with E-state index in [0.29, 0.717) is 12.5 Å². The summed E-state index contributed by atoms with van der Waals surface area (Å²) in [6, 6.07) is 13.5. The van der Waals surface area contributed by atoms with Crippen molar-refractivity contribution in [1.29, 1.82) is 5.26 Å². The highest BCUT2D eigenvalue weighted by Crippen LogP contribution is 2.28. The third-order valence-electron chi connectivity index (χ3n) is 4.18. The van der Waals surface area contributed by atoms with Gasteiger partial charge < -0.3 is 5.32 Å². The molecular formula is C17H24N2. The summed E-state index contributed by atoms with van der Waals surface area (Å²) >= 11 is 0. The third kappa shape index (κ3) is 4.69. The van der Waals surface area contributed by atoms with Crippen LogP contribution in [0.2, 0.25) is 0 Å². The number of nitrogens with zero attached hydrogens (tertiary/aromatic N) is 1. The van der Waals surface area contributed by atoms with E-state index in [0.717, 1.165) is 18.9 Å². The van der Waals surface area contributed by atoms with E-state index in [2.05, 4.69) is 41.7 Å². The number of hydrogen-bond acceptors (Lipinski definition) is 2. The van der Waals surface area contributed by atoms with Crippen molar-refractivity contribution in [3.63, 3.8) is 0 Å². The van der Waals surface area contributed by atoms with Crippen LogP contribution in [0.15, 0.2) is 30.3 Å².